The minimum Gasteiger partial charge on any atom is -0.507 e. The summed E-state index contributed by atoms with van der Waals surface area (Å²) in [7, 11) is 1.44. The van der Waals surface area contributed by atoms with Crippen LogP contribution < -0.4 is 10.1 Å². The first kappa shape index (κ1) is 40.5. The number of Topliss-reactive ketones (excluding diaryl/α,β-unsaturated/α-hetero) is 1. The van der Waals surface area contributed by atoms with E-state index in [1.54, 1.807) is 46.1 Å². The average Bonchev–Trinajstić information content (AvgIpc) is 3.36. The van der Waals surface area contributed by atoms with Crippen molar-refractivity contribution in [3.05, 3.63) is 47.3 Å². The van der Waals surface area contributed by atoms with Gasteiger partial charge in [0.25, 0.3) is 11.7 Å². The molecule has 0 saturated heterocycles. The maximum atomic E-state index is 14.1. The monoisotopic (exact) mass is 743 g/mol. The van der Waals surface area contributed by atoms with Crippen LogP contribution in [0, 0.1) is 30.6 Å². The van der Waals surface area contributed by atoms with E-state index >= 15 is 0 Å². The van der Waals surface area contributed by atoms with Gasteiger partial charge in [-0.05, 0) is 26.2 Å². The SMILES string of the molecule is CO[C@H]1/C=C/O[C@@]2(C)Oc3c(C)c(O)c4c(O)c(c(SC)c(O)c4c3C2=O)NC(=O)/C(C)=C\C=C\[C@H](C)[C@H](O)[C@@H](C)[C@@H](O)[C@@H](C)[C@H](OC(C)=O)[C@@H]1C. The molecule has 0 saturated carbocycles. The largest absolute Gasteiger partial charge is 0.507 e. The predicted molar refractivity (Wildman–Crippen MR) is 196 cm³/mol. The number of anilines is 1. The first-order valence-electron chi connectivity index (χ1n) is 16.9. The number of allylic oxidation sites excluding steroid dienone is 2. The minimum absolute atomic E-state index is 0.0293. The molecule has 9 atom stereocenters. The van der Waals surface area contributed by atoms with E-state index in [-0.39, 0.29) is 43.8 Å². The van der Waals surface area contributed by atoms with Crippen LogP contribution >= 0.6 is 11.8 Å². The highest BCUT2D eigenvalue weighted by Gasteiger charge is 2.50. The van der Waals surface area contributed by atoms with E-state index in [1.807, 2.05) is 0 Å². The van der Waals surface area contributed by atoms with Crippen molar-refractivity contribution in [2.45, 2.75) is 90.5 Å². The predicted octanol–water partition coefficient (Wildman–Crippen LogP) is 5.48. The summed E-state index contributed by atoms with van der Waals surface area (Å²) in [5, 5.41) is 59.3. The van der Waals surface area contributed by atoms with Gasteiger partial charge in [0.2, 0.25) is 0 Å². The number of hydrogen-bond donors (Lipinski definition) is 6. The highest BCUT2D eigenvalue weighted by atomic mass is 32.2. The van der Waals surface area contributed by atoms with Crippen molar-refractivity contribution in [3.63, 3.8) is 0 Å². The Labute approximate surface area is 307 Å². The molecule has 1 amide bonds. The molecule has 2 aromatic carbocycles. The number of thioether (sulfide) groups is 1. The summed E-state index contributed by atoms with van der Waals surface area (Å²) in [5.74, 6) is -7.95. The van der Waals surface area contributed by atoms with Crippen molar-refractivity contribution in [1.29, 1.82) is 0 Å². The maximum Gasteiger partial charge on any atom is 0.312 e. The van der Waals surface area contributed by atoms with Gasteiger partial charge in [0, 0.05) is 61.2 Å². The number of rotatable bonds is 3. The summed E-state index contributed by atoms with van der Waals surface area (Å²) in [4.78, 5) is 39.8. The summed E-state index contributed by atoms with van der Waals surface area (Å²) >= 11 is 0.995. The van der Waals surface area contributed by atoms with Gasteiger partial charge in [-0.1, -0.05) is 45.9 Å². The van der Waals surface area contributed by atoms with Crippen LogP contribution in [0.15, 0.2) is 41.0 Å². The third kappa shape index (κ3) is 7.34. The molecule has 3 aliphatic rings. The molecule has 3 heterocycles. The number of ether oxygens (including phenoxy) is 4. The lowest BCUT2D eigenvalue weighted by Crippen LogP contribution is -2.46. The van der Waals surface area contributed by atoms with Crippen molar-refractivity contribution in [2.24, 2.45) is 23.7 Å². The topological polar surface area (TPSA) is 201 Å². The Morgan fingerprint density at radius 1 is 0.942 bits per heavy atom. The zero-order valence-corrected chi connectivity index (χ0v) is 31.8. The number of carbonyl (C=O) groups is 3. The van der Waals surface area contributed by atoms with E-state index < -0.39 is 88.8 Å². The summed E-state index contributed by atoms with van der Waals surface area (Å²) in [5.41, 5.74) is -0.0414. The number of aliphatic hydroxyl groups excluding tert-OH is 2. The average molecular weight is 744 g/mol. The molecular formula is C38H49NO12S. The summed E-state index contributed by atoms with van der Waals surface area (Å²) in [6.45, 7) is 12.5. The highest BCUT2D eigenvalue weighted by molar-refractivity contribution is 7.98. The summed E-state index contributed by atoms with van der Waals surface area (Å²) < 4.78 is 23.3. The molecule has 14 heteroatoms. The molecule has 3 aliphatic heterocycles. The van der Waals surface area contributed by atoms with Gasteiger partial charge in [0.05, 0.1) is 40.4 Å². The van der Waals surface area contributed by atoms with Gasteiger partial charge < -0.3 is 49.8 Å². The molecule has 52 heavy (non-hydrogen) atoms. The van der Waals surface area contributed by atoms with Crippen LogP contribution in [0.25, 0.3) is 10.8 Å². The van der Waals surface area contributed by atoms with Crippen molar-refractivity contribution >= 4 is 45.9 Å². The molecule has 6 N–H and O–H groups in total. The molecule has 2 aromatic rings. The van der Waals surface area contributed by atoms with Crippen LogP contribution in [0.3, 0.4) is 0 Å². The summed E-state index contributed by atoms with van der Waals surface area (Å²) in [6, 6.07) is 0. The number of benzene rings is 2. The number of phenolic OH excluding ortho intramolecular Hbond substituents is 3. The van der Waals surface area contributed by atoms with Gasteiger partial charge in [-0.15, -0.1) is 11.8 Å². The first-order chi connectivity index (χ1) is 24.3. The Balaban J connectivity index is 1.93. The number of fused-ring (bicyclic) bond motifs is 14. The van der Waals surface area contributed by atoms with Gasteiger partial charge >= 0.3 is 11.8 Å². The number of methoxy groups -OCH3 is 1. The van der Waals surface area contributed by atoms with E-state index in [4.69, 9.17) is 18.9 Å². The van der Waals surface area contributed by atoms with Gasteiger partial charge in [-0.3, -0.25) is 14.4 Å². The van der Waals surface area contributed by atoms with Crippen LogP contribution in [0.4, 0.5) is 5.69 Å². The molecule has 284 valence electrons. The number of aromatic hydroxyl groups is 3. The fourth-order valence-electron chi connectivity index (χ4n) is 6.89. The minimum atomic E-state index is -2.00. The van der Waals surface area contributed by atoms with Crippen LogP contribution in [0.2, 0.25) is 0 Å². The van der Waals surface area contributed by atoms with E-state index in [9.17, 15) is 39.9 Å². The molecule has 5 bridgehead atoms. The summed E-state index contributed by atoms with van der Waals surface area (Å²) in [6.07, 6.45) is 5.25. The number of aliphatic hydroxyl groups is 2. The number of amides is 1. The van der Waals surface area contributed by atoms with E-state index in [0.717, 1.165) is 11.8 Å². The molecule has 0 unspecified atom stereocenters. The lowest BCUT2D eigenvalue weighted by Gasteiger charge is -2.38. The molecule has 0 fully saturated rings. The fraction of sp³-hybridized carbons (Fsp3) is 0.500. The third-order valence-corrected chi connectivity index (χ3v) is 11.0. The second-order valence-electron chi connectivity index (χ2n) is 13.7. The lowest BCUT2D eigenvalue weighted by molar-refractivity contribution is -0.160. The van der Waals surface area contributed by atoms with E-state index in [2.05, 4.69) is 5.32 Å². The van der Waals surface area contributed by atoms with Crippen molar-refractivity contribution in [2.75, 3.05) is 18.7 Å². The van der Waals surface area contributed by atoms with Crippen molar-refractivity contribution in [3.8, 4) is 23.0 Å². The zero-order chi connectivity index (χ0) is 39.0. The Hall–Kier alpha value is -4.24. The van der Waals surface area contributed by atoms with Crippen LogP contribution in [0.1, 0.15) is 64.4 Å². The molecule has 0 spiro atoms. The maximum absolute atomic E-state index is 14.1. The first-order valence-corrected chi connectivity index (χ1v) is 18.2. The fourth-order valence-corrected chi connectivity index (χ4v) is 7.54. The molecule has 5 rings (SSSR count). The zero-order valence-electron chi connectivity index (χ0n) is 31.0. The molecule has 0 aliphatic carbocycles. The standard InChI is InChI=1S/C38H49NO12S/c1-16-12-11-13-17(2)37(47)39-27-31(44)25-24(32(45)35(27)52-10)26-34(21(6)30(25)43)51-38(8,36(26)46)49-15-14-23(48-9)18(3)33(50-22(7)40)20(5)29(42)19(4)28(16)41/h11-16,18-20,23,28-29,33,41-45H,1-10H3,(H,39,47)/b12-11+,15-14+,17-13-/t16-,18+,19+,20+,23-,28-,29+,33+,38-/m0/s1. The molecule has 13 nitrogen and oxygen atoms in total. The number of esters is 1. The van der Waals surface area contributed by atoms with Gasteiger partial charge in [0.15, 0.2) is 5.75 Å². The van der Waals surface area contributed by atoms with Crippen molar-refractivity contribution < 1.29 is 58.9 Å². The third-order valence-electron chi connectivity index (χ3n) is 10.2. The van der Waals surface area contributed by atoms with Crippen LogP contribution in [-0.4, -0.2) is 86.8 Å². The molecular weight excluding hydrogens is 694 g/mol. The molecule has 0 aromatic heterocycles. The van der Waals surface area contributed by atoms with Gasteiger partial charge in [0.1, 0.15) is 29.0 Å². The van der Waals surface area contributed by atoms with E-state index in [0.29, 0.717) is 0 Å². The number of hydrogen-bond acceptors (Lipinski definition) is 13. The quantitative estimate of drug-likeness (QED) is 0.100. The normalized spacial score (nSPS) is 32.4. The van der Waals surface area contributed by atoms with Gasteiger partial charge in [-0.25, -0.2) is 0 Å². The molecule has 0 radical (unpaired) electrons. The second-order valence-corrected chi connectivity index (χ2v) is 14.6. The Morgan fingerprint density at radius 2 is 1.60 bits per heavy atom. The lowest BCUT2D eigenvalue weighted by atomic mass is 9.78. The smallest absolute Gasteiger partial charge is 0.312 e. The highest BCUT2D eigenvalue weighted by Crippen LogP contribution is 2.56. The van der Waals surface area contributed by atoms with Crippen molar-refractivity contribution in [1.82, 2.24) is 0 Å². The number of phenols is 3. The van der Waals surface area contributed by atoms with Gasteiger partial charge in [-0.2, -0.15) is 0 Å². The Morgan fingerprint density at radius 3 is 2.19 bits per heavy atom. The van der Waals surface area contributed by atoms with E-state index in [1.165, 1.54) is 53.2 Å². The number of carbonyl (C=O) groups excluding carboxylic acids is 3. The Bertz CT molecular complexity index is 1840. The van der Waals surface area contributed by atoms with Crippen LogP contribution in [0.5, 0.6) is 23.0 Å². The number of ketones is 1. The number of nitrogens with one attached hydrogen (secondary N) is 1. The second kappa shape index (κ2) is 15.8. The van der Waals surface area contributed by atoms with Crippen LogP contribution in [-0.2, 0) is 23.8 Å². The Kier molecular flexibility index (Phi) is 12.3.